The average Bonchev–Trinajstić information content (AvgIpc) is 2.52. The standard InChI is InChI=1S/C16H17N3O4S/c1-24(22,23)19-14-8-6-13(7-9-14)16(21)18-10-11-2-4-12(5-3-11)15(17)20/h2-9,19H,10H2,1H3,(H2,17,20)(H,18,21). The van der Waals surface area contributed by atoms with Crippen LogP contribution < -0.4 is 15.8 Å². The summed E-state index contributed by atoms with van der Waals surface area (Å²) in [5.41, 5.74) is 7.18. The molecule has 2 aromatic carbocycles. The SMILES string of the molecule is CS(=O)(=O)Nc1ccc(C(=O)NCc2ccc(C(N)=O)cc2)cc1. The summed E-state index contributed by atoms with van der Waals surface area (Å²) in [6, 6.07) is 12.7. The predicted molar refractivity (Wildman–Crippen MR) is 91.0 cm³/mol. The zero-order chi connectivity index (χ0) is 17.7. The number of anilines is 1. The van der Waals surface area contributed by atoms with E-state index in [0.717, 1.165) is 11.8 Å². The van der Waals surface area contributed by atoms with Crippen molar-refractivity contribution in [2.24, 2.45) is 5.73 Å². The highest BCUT2D eigenvalue weighted by molar-refractivity contribution is 7.92. The molecule has 0 bridgehead atoms. The van der Waals surface area contributed by atoms with E-state index in [4.69, 9.17) is 5.73 Å². The van der Waals surface area contributed by atoms with Gasteiger partial charge in [0.2, 0.25) is 15.9 Å². The Morgan fingerprint density at radius 2 is 1.50 bits per heavy atom. The fourth-order valence-corrected chi connectivity index (χ4v) is 2.54. The summed E-state index contributed by atoms with van der Waals surface area (Å²) >= 11 is 0. The zero-order valence-electron chi connectivity index (χ0n) is 12.9. The number of sulfonamides is 1. The molecule has 4 N–H and O–H groups in total. The van der Waals surface area contributed by atoms with Gasteiger partial charge in [-0.05, 0) is 42.0 Å². The Bertz CT molecular complexity index is 844. The molecule has 126 valence electrons. The Kier molecular flexibility index (Phi) is 5.20. The van der Waals surface area contributed by atoms with Crippen LogP contribution in [-0.2, 0) is 16.6 Å². The lowest BCUT2D eigenvalue weighted by Gasteiger charge is -2.07. The van der Waals surface area contributed by atoms with Gasteiger partial charge in [0.25, 0.3) is 5.91 Å². The van der Waals surface area contributed by atoms with Gasteiger partial charge in [0.15, 0.2) is 0 Å². The maximum absolute atomic E-state index is 12.1. The molecule has 0 spiro atoms. The molecule has 0 saturated carbocycles. The first-order valence-corrected chi connectivity index (χ1v) is 8.88. The third kappa shape index (κ3) is 5.10. The lowest BCUT2D eigenvalue weighted by molar-refractivity contribution is 0.0949. The molecule has 8 heteroatoms. The van der Waals surface area contributed by atoms with Crippen LogP contribution in [0.5, 0.6) is 0 Å². The number of primary amides is 1. The average molecular weight is 347 g/mol. The number of rotatable bonds is 6. The number of carbonyl (C=O) groups is 2. The molecular weight excluding hydrogens is 330 g/mol. The number of nitrogens with one attached hydrogen (secondary N) is 2. The lowest BCUT2D eigenvalue weighted by Crippen LogP contribution is -2.22. The highest BCUT2D eigenvalue weighted by Gasteiger charge is 2.07. The summed E-state index contributed by atoms with van der Waals surface area (Å²) in [6.45, 7) is 0.293. The Morgan fingerprint density at radius 3 is 2.00 bits per heavy atom. The van der Waals surface area contributed by atoms with E-state index in [0.29, 0.717) is 23.4 Å². The van der Waals surface area contributed by atoms with Gasteiger partial charge in [-0.1, -0.05) is 12.1 Å². The van der Waals surface area contributed by atoms with Gasteiger partial charge in [0.1, 0.15) is 0 Å². The normalized spacial score (nSPS) is 10.9. The van der Waals surface area contributed by atoms with Crippen LogP contribution in [0.1, 0.15) is 26.3 Å². The van der Waals surface area contributed by atoms with Crippen LogP contribution in [0.3, 0.4) is 0 Å². The summed E-state index contributed by atoms with van der Waals surface area (Å²) in [4.78, 5) is 23.1. The molecule has 2 rings (SSSR count). The summed E-state index contributed by atoms with van der Waals surface area (Å²) in [7, 11) is -3.35. The Morgan fingerprint density at radius 1 is 0.958 bits per heavy atom. The van der Waals surface area contributed by atoms with Gasteiger partial charge < -0.3 is 11.1 Å². The van der Waals surface area contributed by atoms with Gasteiger partial charge in [-0.3, -0.25) is 14.3 Å². The molecule has 0 aromatic heterocycles. The maximum atomic E-state index is 12.1. The summed E-state index contributed by atoms with van der Waals surface area (Å²) < 4.78 is 24.6. The fourth-order valence-electron chi connectivity index (χ4n) is 1.97. The summed E-state index contributed by atoms with van der Waals surface area (Å²) in [5.74, 6) is -0.798. The van der Waals surface area contributed by atoms with Crippen molar-refractivity contribution in [3.8, 4) is 0 Å². The van der Waals surface area contributed by atoms with Crippen LogP contribution in [0.4, 0.5) is 5.69 Å². The van der Waals surface area contributed by atoms with Gasteiger partial charge in [0, 0.05) is 23.4 Å². The van der Waals surface area contributed by atoms with Crippen molar-refractivity contribution in [3.05, 3.63) is 65.2 Å². The van der Waals surface area contributed by atoms with Crippen molar-refractivity contribution in [1.29, 1.82) is 0 Å². The number of nitrogens with two attached hydrogens (primary N) is 1. The predicted octanol–water partition coefficient (Wildman–Crippen LogP) is 1.09. The minimum atomic E-state index is -3.35. The Labute approximate surface area is 139 Å². The van der Waals surface area contributed by atoms with Gasteiger partial charge in [-0.2, -0.15) is 0 Å². The second kappa shape index (κ2) is 7.14. The largest absolute Gasteiger partial charge is 0.366 e. The molecule has 0 fully saturated rings. The molecule has 2 aromatic rings. The zero-order valence-corrected chi connectivity index (χ0v) is 13.8. The number of hydrogen-bond donors (Lipinski definition) is 3. The molecule has 0 aliphatic heterocycles. The van der Waals surface area contributed by atoms with E-state index >= 15 is 0 Å². The van der Waals surface area contributed by atoms with Crippen LogP contribution >= 0.6 is 0 Å². The number of hydrogen-bond acceptors (Lipinski definition) is 4. The first-order chi connectivity index (χ1) is 11.2. The second-order valence-corrected chi connectivity index (χ2v) is 6.94. The molecule has 0 radical (unpaired) electrons. The number of benzene rings is 2. The topological polar surface area (TPSA) is 118 Å². The summed E-state index contributed by atoms with van der Waals surface area (Å²) in [5, 5.41) is 2.74. The highest BCUT2D eigenvalue weighted by Crippen LogP contribution is 2.11. The third-order valence-electron chi connectivity index (χ3n) is 3.14. The Balaban J connectivity index is 1.96. The maximum Gasteiger partial charge on any atom is 0.251 e. The van der Waals surface area contributed by atoms with Crippen molar-refractivity contribution in [1.82, 2.24) is 5.32 Å². The van der Waals surface area contributed by atoms with Gasteiger partial charge >= 0.3 is 0 Å². The minimum Gasteiger partial charge on any atom is -0.366 e. The molecule has 0 aliphatic carbocycles. The quantitative estimate of drug-likeness (QED) is 0.724. The molecular formula is C16H17N3O4S. The monoisotopic (exact) mass is 347 g/mol. The van der Waals surface area contributed by atoms with Crippen molar-refractivity contribution >= 4 is 27.5 Å². The molecule has 0 atom stereocenters. The van der Waals surface area contributed by atoms with E-state index in [1.54, 1.807) is 24.3 Å². The van der Waals surface area contributed by atoms with Crippen LogP contribution in [-0.4, -0.2) is 26.5 Å². The van der Waals surface area contributed by atoms with Crippen molar-refractivity contribution < 1.29 is 18.0 Å². The molecule has 0 aliphatic rings. The third-order valence-corrected chi connectivity index (χ3v) is 3.75. The first-order valence-electron chi connectivity index (χ1n) is 6.99. The van der Waals surface area contributed by atoms with Crippen molar-refractivity contribution in [3.63, 3.8) is 0 Å². The molecule has 0 heterocycles. The smallest absolute Gasteiger partial charge is 0.251 e. The summed E-state index contributed by atoms with van der Waals surface area (Å²) in [6.07, 6.45) is 1.05. The molecule has 0 unspecified atom stereocenters. The van der Waals surface area contributed by atoms with E-state index in [-0.39, 0.29) is 5.91 Å². The number of carbonyl (C=O) groups excluding carboxylic acids is 2. The van der Waals surface area contributed by atoms with Crippen molar-refractivity contribution in [2.75, 3.05) is 11.0 Å². The number of amides is 2. The van der Waals surface area contributed by atoms with Crippen LogP contribution in [0.15, 0.2) is 48.5 Å². The fraction of sp³-hybridized carbons (Fsp3) is 0.125. The van der Waals surface area contributed by atoms with Crippen LogP contribution in [0.2, 0.25) is 0 Å². The van der Waals surface area contributed by atoms with E-state index < -0.39 is 15.9 Å². The van der Waals surface area contributed by atoms with Crippen molar-refractivity contribution in [2.45, 2.75) is 6.54 Å². The van der Waals surface area contributed by atoms with E-state index in [9.17, 15) is 18.0 Å². The van der Waals surface area contributed by atoms with Gasteiger partial charge in [-0.15, -0.1) is 0 Å². The van der Waals surface area contributed by atoms with Gasteiger partial charge in [-0.25, -0.2) is 8.42 Å². The molecule has 24 heavy (non-hydrogen) atoms. The Hall–Kier alpha value is -2.87. The van der Waals surface area contributed by atoms with Gasteiger partial charge in [0.05, 0.1) is 6.26 Å². The van der Waals surface area contributed by atoms with E-state index in [1.165, 1.54) is 24.3 Å². The highest BCUT2D eigenvalue weighted by atomic mass is 32.2. The molecule has 0 saturated heterocycles. The molecule has 7 nitrogen and oxygen atoms in total. The van der Waals surface area contributed by atoms with Crippen LogP contribution in [0, 0.1) is 0 Å². The lowest BCUT2D eigenvalue weighted by atomic mass is 10.1. The first kappa shape index (κ1) is 17.5. The van der Waals surface area contributed by atoms with E-state index in [1.807, 2.05) is 0 Å². The van der Waals surface area contributed by atoms with Crippen LogP contribution in [0.25, 0.3) is 0 Å². The minimum absolute atomic E-state index is 0.292. The molecule has 2 amide bonds. The van der Waals surface area contributed by atoms with E-state index in [2.05, 4.69) is 10.0 Å². The second-order valence-electron chi connectivity index (χ2n) is 5.20.